The lowest BCUT2D eigenvalue weighted by atomic mass is 10.2. The summed E-state index contributed by atoms with van der Waals surface area (Å²) < 4.78 is 13.0. The lowest BCUT2D eigenvalue weighted by molar-refractivity contribution is 0.469. The number of halogens is 4. The number of aromatic hydroxyl groups is 1. The fraction of sp³-hybridized carbons (Fsp3) is 0.0769. The van der Waals surface area contributed by atoms with Gasteiger partial charge >= 0.3 is 0 Å². The standard InChI is InChI=1S/C13H9Cl3FNO/c14-9-3-1-2-7(13(9)19)6-18-12-10(15)4-8(17)5-11(12)16/h1-5,18-19H,6H2. The van der Waals surface area contributed by atoms with Crippen molar-refractivity contribution in [1.29, 1.82) is 0 Å². The summed E-state index contributed by atoms with van der Waals surface area (Å²) in [7, 11) is 0. The molecule has 0 aliphatic rings. The van der Waals surface area contributed by atoms with E-state index in [0.717, 1.165) is 12.1 Å². The molecule has 2 aromatic rings. The molecule has 0 aliphatic heterocycles. The molecule has 2 N–H and O–H groups in total. The molecule has 0 amide bonds. The average Bonchev–Trinajstić information content (AvgIpc) is 2.33. The highest BCUT2D eigenvalue weighted by Gasteiger charge is 2.10. The van der Waals surface area contributed by atoms with Gasteiger partial charge in [0.05, 0.1) is 20.8 Å². The maximum absolute atomic E-state index is 13.0. The summed E-state index contributed by atoms with van der Waals surface area (Å²) in [5.41, 5.74) is 0.994. The Balaban J connectivity index is 2.22. The molecule has 0 radical (unpaired) electrons. The molecule has 0 atom stereocenters. The van der Waals surface area contributed by atoms with E-state index in [4.69, 9.17) is 34.8 Å². The molecule has 6 heteroatoms. The molecule has 2 nitrogen and oxygen atoms in total. The van der Waals surface area contributed by atoms with Crippen LogP contribution in [0.4, 0.5) is 10.1 Å². The van der Waals surface area contributed by atoms with Gasteiger partial charge in [0.1, 0.15) is 11.6 Å². The molecule has 0 fully saturated rings. The first-order valence-corrected chi connectivity index (χ1v) is 6.47. The Kier molecular flexibility index (Phi) is 4.40. The molecule has 0 saturated heterocycles. The molecule has 0 aliphatic carbocycles. The summed E-state index contributed by atoms with van der Waals surface area (Å²) >= 11 is 17.6. The van der Waals surface area contributed by atoms with E-state index in [2.05, 4.69) is 5.32 Å². The van der Waals surface area contributed by atoms with Crippen LogP contribution in [-0.4, -0.2) is 5.11 Å². The molecule has 100 valence electrons. The highest BCUT2D eigenvalue weighted by atomic mass is 35.5. The van der Waals surface area contributed by atoms with Gasteiger partial charge < -0.3 is 10.4 Å². The van der Waals surface area contributed by atoms with E-state index in [-0.39, 0.29) is 27.4 Å². The van der Waals surface area contributed by atoms with Crippen LogP contribution in [0.15, 0.2) is 30.3 Å². The third kappa shape index (κ3) is 3.24. The number of rotatable bonds is 3. The Morgan fingerprint density at radius 1 is 1.05 bits per heavy atom. The van der Waals surface area contributed by atoms with Crippen molar-refractivity contribution < 1.29 is 9.50 Å². The zero-order valence-corrected chi connectivity index (χ0v) is 11.8. The molecule has 0 saturated carbocycles. The van der Waals surface area contributed by atoms with Crippen molar-refractivity contribution in [2.75, 3.05) is 5.32 Å². The van der Waals surface area contributed by atoms with Crippen molar-refractivity contribution in [3.8, 4) is 5.75 Å². The molecule has 2 rings (SSSR count). The predicted octanol–water partition coefficient (Wildman–Crippen LogP) is 5.10. The van der Waals surface area contributed by atoms with Crippen LogP contribution in [0.5, 0.6) is 5.75 Å². The fourth-order valence-electron chi connectivity index (χ4n) is 1.60. The first kappa shape index (κ1) is 14.3. The Hall–Kier alpha value is -1.16. The first-order valence-electron chi connectivity index (χ1n) is 5.34. The minimum Gasteiger partial charge on any atom is -0.506 e. The van der Waals surface area contributed by atoms with Crippen LogP contribution in [0.2, 0.25) is 15.1 Å². The summed E-state index contributed by atoms with van der Waals surface area (Å²) in [6.45, 7) is 0.261. The fourth-order valence-corrected chi connectivity index (χ4v) is 2.39. The van der Waals surface area contributed by atoms with Gasteiger partial charge in [0, 0.05) is 12.1 Å². The van der Waals surface area contributed by atoms with E-state index in [1.807, 2.05) is 0 Å². The van der Waals surface area contributed by atoms with Gasteiger partial charge in [-0.25, -0.2) is 4.39 Å². The summed E-state index contributed by atoms with van der Waals surface area (Å²) in [6.07, 6.45) is 0. The van der Waals surface area contributed by atoms with Crippen LogP contribution in [0.1, 0.15) is 5.56 Å². The van der Waals surface area contributed by atoms with Gasteiger partial charge in [-0.3, -0.25) is 0 Å². The van der Waals surface area contributed by atoms with Gasteiger partial charge in [-0.05, 0) is 18.2 Å². The largest absolute Gasteiger partial charge is 0.506 e. The molecule has 2 aromatic carbocycles. The van der Waals surface area contributed by atoms with E-state index in [0.29, 0.717) is 11.3 Å². The van der Waals surface area contributed by atoms with Crippen LogP contribution in [-0.2, 0) is 6.54 Å². The SMILES string of the molecule is Oc1c(Cl)cccc1CNc1c(Cl)cc(F)cc1Cl. The lowest BCUT2D eigenvalue weighted by Gasteiger charge is -2.12. The second-order valence-corrected chi connectivity index (χ2v) is 5.07. The number of anilines is 1. The Bertz CT molecular complexity index is 596. The van der Waals surface area contributed by atoms with E-state index >= 15 is 0 Å². The summed E-state index contributed by atoms with van der Waals surface area (Å²) in [6, 6.07) is 7.33. The molecule has 19 heavy (non-hydrogen) atoms. The minimum atomic E-state index is -0.508. The summed E-state index contributed by atoms with van der Waals surface area (Å²) in [4.78, 5) is 0. The topological polar surface area (TPSA) is 32.3 Å². The normalized spacial score (nSPS) is 10.5. The van der Waals surface area contributed by atoms with Crippen LogP contribution in [0, 0.1) is 5.82 Å². The smallest absolute Gasteiger partial charge is 0.139 e. The Labute approximate surface area is 124 Å². The van der Waals surface area contributed by atoms with Crippen LogP contribution < -0.4 is 5.32 Å². The molecule has 0 bridgehead atoms. The van der Waals surface area contributed by atoms with Crippen molar-refractivity contribution in [2.24, 2.45) is 0 Å². The van der Waals surface area contributed by atoms with E-state index in [1.54, 1.807) is 18.2 Å². The number of nitrogens with one attached hydrogen (secondary N) is 1. The van der Waals surface area contributed by atoms with Gasteiger partial charge in [-0.2, -0.15) is 0 Å². The van der Waals surface area contributed by atoms with Crippen LogP contribution >= 0.6 is 34.8 Å². The van der Waals surface area contributed by atoms with Crippen LogP contribution in [0.25, 0.3) is 0 Å². The summed E-state index contributed by atoms with van der Waals surface area (Å²) in [5.74, 6) is -0.517. The highest BCUT2D eigenvalue weighted by molar-refractivity contribution is 6.39. The quantitative estimate of drug-likeness (QED) is 0.824. The van der Waals surface area contributed by atoms with E-state index in [9.17, 15) is 9.50 Å². The van der Waals surface area contributed by atoms with Crippen molar-refractivity contribution in [1.82, 2.24) is 0 Å². The van der Waals surface area contributed by atoms with Crippen molar-refractivity contribution in [3.05, 3.63) is 56.8 Å². The Morgan fingerprint density at radius 3 is 2.32 bits per heavy atom. The van der Waals surface area contributed by atoms with Gasteiger partial charge in [0.25, 0.3) is 0 Å². The maximum atomic E-state index is 13.0. The van der Waals surface area contributed by atoms with Crippen molar-refractivity contribution in [3.63, 3.8) is 0 Å². The minimum absolute atomic E-state index is 0.00831. The zero-order valence-electron chi connectivity index (χ0n) is 9.55. The zero-order chi connectivity index (χ0) is 14.0. The monoisotopic (exact) mass is 319 g/mol. The maximum Gasteiger partial charge on any atom is 0.139 e. The van der Waals surface area contributed by atoms with Crippen molar-refractivity contribution in [2.45, 2.75) is 6.54 Å². The van der Waals surface area contributed by atoms with Gasteiger partial charge in [0.2, 0.25) is 0 Å². The molecule has 0 unspecified atom stereocenters. The van der Waals surface area contributed by atoms with Gasteiger partial charge in [-0.1, -0.05) is 46.9 Å². The van der Waals surface area contributed by atoms with Crippen LogP contribution in [0.3, 0.4) is 0 Å². The molecular formula is C13H9Cl3FNO. The molecular weight excluding hydrogens is 312 g/mol. The van der Waals surface area contributed by atoms with E-state index in [1.165, 1.54) is 0 Å². The van der Waals surface area contributed by atoms with Gasteiger partial charge in [-0.15, -0.1) is 0 Å². The number of phenols is 1. The molecule has 0 aromatic heterocycles. The average molecular weight is 321 g/mol. The number of para-hydroxylation sites is 1. The highest BCUT2D eigenvalue weighted by Crippen LogP contribution is 2.33. The second kappa shape index (κ2) is 5.87. The van der Waals surface area contributed by atoms with Crippen molar-refractivity contribution >= 4 is 40.5 Å². The number of phenolic OH excluding ortho intramolecular Hbond substituents is 1. The van der Waals surface area contributed by atoms with Gasteiger partial charge in [0.15, 0.2) is 0 Å². The summed E-state index contributed by atoms with van der Waals surface area (Å²) in [5, 5.41) is 13.3. The number of benzene rings is 2. The molecule has 0 spiro atoms. The first-order chi connectivity index (χ1) is 8.99. The Morgan fingerprint density at radius 2 is 1.68 bits per heavy atom. The third-order valence-corrected chi connectivity index (χ3v) is 3.43. The number of hydrogen-bond donors (Lipinski definition) is 2. The predicted molar refractivity (Wildman–Crippen MR) is 76.9 cm³/mol. The second-order valence-electron chi connectivity index (χ2n) is 3.85. The molecule has 0 heterocycles. The van der Waals surface area contributed by atoms with E-state index < -0.39 is 5.82 Å². The third-order valence-electron chi connectivity index (χ3n) is 2.53. The lowest BCUT2D eigenvalue weighted by Crippen LogP contribution is -2.01. The number of hydrogen-bond acceptors (Lipinski definition) is 2.